The first-order valence-electron chi connectivity index (χ1n) is 14.7. The van der Waals surface area contributed by atoms with Crippen molar-refractivity contribution < 1.29 is 29.2 Å². The van der Waals surface area contributed by atoms with Gasteiger partial charge in [0.25, 0.3) is 0 Å². The molecule has 3 aliphatic carbocycles. The summed E-state index contributed by atoms with van der Waals surface area (Å²) >= 11 is 0. The fourth-order valence-corrected chi connectivity index (χ4v) is 8.51. The highest BCUT2D eigenvalue weighted by molar-refractivity contribution is 5.63. The number of rotatable bonds is 3. The van der Waals surface area contributed by atoms with Gasteiger partial charge in [-0.25, -0.2) is 0 Å². The number of fused-ring (bicyclic) bond motifs is 7. The van der Waals surface area contributed by atoms with Crippen LogP contribution in [0.2, 0.25) is 0 Å². The first-order chi connectivity index (χ1) is 19.4. The molecule has 0 bridgehead atoms. The summed E-state index contributed by atoms with van der Waals surface area (Å²) < 4.78 is 23.2. The molecule has 5 aliphatic rings. The molecule has 7 unspecified atom stereocenters. The lowest BCUT2D eigenvalue weighted by molar-refractivity contribution is -0.0505. The summed E-state index contributed by atoms with van der Waals surface area (Å²) in [7, 11) is 3.76. The van der Waals surface area contributed by atoms with Crippen LogP contribution >= 0.6 is 0 Å². The fraction of sp³-hybridized carbons (Fsp3) is 0.576. The van der Waals surface area contributed by atoms with Crippen LogP contribution in [0.4, 0.5) is 0 Å². The molecule has 0 saturated heterocycles. The van der Waals surface area contributed by atoms with Gasteiger partial charge >= 0.3 is 0 Å². The number of aliphatic hydroxyl groups excluding tert-OH is 2. The normalized spacial score (nSPS) is 33.6. The van der Waals surface area contributed by atoms with Gasteiger partial charge < -0.3 is 29.2 Å². The molecular weight excluding hydrogens is 506 g/mol. The molecule has 2 N–H and O–H groups in total. The number of benzene rings is 2. The van der Waals surface area contributed by atoms with Gasteiger partial charge in [0, 0.05) is 12.1 Å². The molecule has 0 amide bonds. The van der Waals surface area contributed by atoms with Crippen LogP contribution in [-0.4, -0.2) is 61.4 Å². The Morgan fingerprint density at radius 1 is 1.12 bits per heavy atom. The Balaban J connectivity index is 1.06. The summed E-state index contributed by atoms with van der Waals surface area (Å²) in [6.07, 6.45) is 4.61. The SMILES string of the molecule is COc1c2c(cc3c1C(C#CCOc1ccc4c(c1)CCC1C4CCC4(C)C(O)C(O)CC14)N(C)CC3)OCO2. The Kier molecular flexibility index (Phi) is 6.42. The van der Waals surface area contributed by atoms with Crippen molar-refractivity contribution in [3.8, 4) is 34.8 Å². The van der Waals surface area contributed by atoms with Gasteiger partial charge in [0.05, 0.1) is 19.3 Å². The van der Waals surface area contributed by atoms with Gasteiger partial charge in [-0.1, -0.05) is 24.8 Å². The summed E-state index contributed by atoms with van der Waals surface area (Å²) in [4.78, 5) is 2.24. The molecule has 2 aliphatic heterocycles. The highest BCUT2D eigenvalue weighted by atomic mass is 16.7. The molecule has 7 heteroatoms. The predicted octanol–water partition coefficient (Wildman–Crippen LogP) is 4.22. The van der Waals surface area contributed by atoms with Crippen LogP contribution in [0, 0.1) is 29.1 Å². The monoisotopic (exact) mass is 545 g/mol. The van der Waals surface area contributed by atoms with E-state index in [1.54, 1.807) is 7.11 Å². The Morgan fingerprint density at radius 3 is 2.85 bits per heavy atom. The number of hydrogen-bond donors (Lipinski definition) is 2. The Labute approximate surface area is 236 Å². The maximum Gasteiger partial charge on any atom is 0.231 e. The Hall–Kier alpha value is -2.92. The highest BCUT2D eigenvalue weighted by Crippen LogP contribution is 2.61. The lowest BCUT2D eigenvalue weighted by Crippen LogP contribution is -2.44. The van der Waals surface area contributed by atoms with Crippen LogP contribution in [0.25, 0.3) is 0 Å². The molecule has 40 heavy (non-hydrogen) atoms. The maximum absolute atomic E-state index is 10.7. The number of likely N-dealkylation sites (N-methyl/N-ethyl adjacent to an activating group) is 1. The summed E-state index contributed by atoms with van der Waals surface area (Å²) in [6.45, 7) is 3.62. The largest absolute Gasteiger partial charge is 0.492 e. The maximum atomic E-state index is 10.7. The third kappa shape index (κ3) is 3.99. The van der Waals surface area contributed by atoms with Gasteiger partial charge in [-0.05, 0) is 104 Å². The zero-order valence-corrected chi connectivity index (χ0v) is 23.6. The van der Waals surface area contributed by atoms with Crippen molar-refractivity contribution in [3.63, 3.8) is 0 Å². The highest BCUT2D eigenvalue weighted by Gasteiger charge is 2.57. The molecule has 2 heterocycles. The molecule has 2 aromatic carbocycles. The van der Waals surface area contributed by atoms with Crippen LogP contribution in [0.5, 0.6) is 23.0 Å². The summed E-state index contributed by atoms with van der Waals surface area (Å²) in [6, 6.07) is 8.49. The minimum atomic E-state index is -0.595. The van der Waals surface area contributed by atoms with E-state index in [1.165, 1.54) is 16.7 Å². The lowest BCUT2D eigenvalue weighted by atomic mass is 9.55. The van der Waals surface area contributed by atoms with Crippen molar-refractivity contribution >= 4 is 0 Å². The molecule has 7 nitrogen and oxygen atoms in total. The van der Waals surface area contributed by atoms with Crippen LogP contribution in [-0.2, 0) is 12.8 Å². The van der Waals surface area contributed by atoms with E-state index in [4.69, 9.17) is 18.9 Å². The minimum absolute atomic E-state index is 0.109. The van der Waals surface area contributed by atoms with E-state index in [0.29, 0.717) is 30.1 Å². The summed E-state index contributed by atoms with van der Waals surface area (Å²) in [5.74, 6) is 11.1. The topological polar surface area (TPSA) is 80.6 Å². The van der Waals surface area contributed by atoms with Crippen LogP contribution in [0.15, 0.2) is 24.3 Å². The molecule has 0 spiro atoms. The minimum Gasteiger partial charge on any atom is -0.492 e. The van der Waals surface area contributed by atoms with Crippen molar-refractivity contribution in [3.05, 3.63) is 46.5 Å². The number of aryl methyl sites for hydroxylation is 1. The molecule has 7 rings (SSSR count). The molecule has 212 valence electrons. The van der Waals surface area contributed by atoms with Crippen LogP contribution in [0.3, 0.4) is 0 Å². The van der Waals surface area contributed by atoms with Crippen molar-refractivity contribution in [1.82, 2.24) is 4.90 Å². The second kappa shape index (κ2) is 9.87. The standard InChI is InChI=1S/C33H39NO6/c1-33-12-10-23-22-9-7-21(15-19(22)6-8-24(23)25(33)17-27(35)32(33)36)38-14-4-5-26-29-20(11-13-34(26)2)16-28-30(31(29)37-3)40-18-39-28/h7,9,15-16,23-27,32,35-36H,6,8,10-14,17-18H2,1-3H3. The van der Waals surface area contributed by atoms with Gasteiger partial charge in [-0.3, -0.25) is 4.90 Å². The van der Waals surface area contributed by atoms with Gasteiger partial charge in [-0.15, -0.1) is 0 Å². The number of ether oxygens (including phenoxy) is 4. The Bertz CT molecular complexity index is 1380. The zero-order valence-electron chi connectivity index (χ0n) is 23.6. The fourth-order valence-electron chi connectivity index (χ4n) is 8.51. The molecular formula is C33H39NO6. The van der Waals surface area contributed by atoms with Crippen molar-refractivity contribution in [2.75, 3.05) is 34.1 Å². The van der Waals surface area contributed by atoms with Crippen LogP contribution < -0.4 is 18.9 Å². The summed E-state index contributed by atoms with van der Waals surface area (Å²) in [5, 5.41) is 21.1. The van der Waals surface area contributed by atoms with E-state index in [-0.39, 0.29) is 18.2 Å². The van der Waals surface area contributed by atoms with Crippen LogP contribution in [0.1, 0.15) is 66.8 Å². The third-order valence-electron chi connectivity index (χ3n) is 10.6. The average Bonchev–Trinajstić information content (AvgIpc) is 3.52. The van der Waals surface area contributed by atoms with E-state index in [9.17, 15) is 10.2 Å². The molecule has 2 saturated carbocycles. The zero-order chi connectivity index (χ0) is 27.6. The molecule has 2 fully saturated rings. The lowest BCUT2D eigenvalue weighted by Gasteiger charge is -2.49. The molecule has 0 radical (unpaired) electrons. The number of methoxy groups -OCH3 is 1. The van der Waals surface area contributed by atoms with E-state index >= 15 is 0 Å². The smallest absolute Gasteiger partial charge is 0.231 e. The average molecular weight is 546 g/mol. The Morgan fingerprint density at radius 2 is 2.00 bits per heavy atom. The van der Waals surface area contributed by atoms with E-state index in [0.717, 1.165) is 67.9 Å². The second-order valence-corrected chi connectivity index (χ2v) is 12.5. The number of aliphatic hydroxyl groups is 2. The van der Waals surface area contributed by atoms with Gasteiger partial charge in [0.15, 0.2) is 11.5 Å². The molecule has 2 aromatic rings. The van der Waals surface area contributed by atoms with Gasteiger partial charge in [-0.2, -0.15) is 0 Å². The van der Waals surface area contributed by atoms with E-state index in [1.807, 2.05) is 0 Å². The number of nitrogens with zero attached hydrogens (tertiary/aromatic N) is 1. The summed E-state index contributed by atoms with van der Waals surface area (Å²) in [5.41, 5.74) is 4.90. The van der Waals surface area contributed by atoms with Crippen molar-refractivity contribution in [1.29, 1.82) is 0 Å². The molecule has 0 aromatic heterocycles. The molecule has 7 atom stereocenters. The first kappa shape index (κ1) is 26.0. The number of hydrogen-bond acceptors (Lipinski definition) is 7. The first-order valence-corrected chi connectivity index (χ1v) is 14.7. The van der Waals surface area contributed by atoms with Gasteiger partial charge in [0.2, 0.25) is 12.5 Å². The quantitative estimate of drug-likeness (QED) is 0.559. The van der Waals surface area contributed by atoms with Crippen molar-refractivity contribution in [2.45, 2.75) is 69.6 Å². The van der Waals surface area contributed by atoms with Crippen molar-refractivity contribution in [2.24, 2.45) is 17.3 Å². The van der Waals surface area contributed by atoms with Gasteiger partial charge in [0.1, 0.15) is 18.4 Å². The van der Waals surface area contributed by atoms with E-state index < -0.39 is 12.2 Å². The predicted molar refractivity (Wildman–Crippen MR) is 150 cm³/mol. The third-order valence-corrected chi connectivity index (χ3v) is 10.6. The second-order valence-electron chi connectivity index (χ2n) is 12.5. The van der Waals surface area contributed by atoms with E-state index in [2.05, 4.69) is 55.0 Å².